The molecule has 0 spiro atoms. The summed E-state index contributed by atoms with van der Waals surface area (Å²) in [6, 6.07) is 8.10. The summed E-state index contributed by atoms with van der Waals surface area (Å²) in [5, 5.41) is 37.2. The van der Waals surface area contributed by atoms with Gasteiger partial charge >= 0.3 is 0 Å². The van der Waals surface area contributed by atoms with E-state index in [0.29, 0.717) is 11.1 Å². The molecule has 2 rings (SSSR count). The highest BCUT2D eigenvalue weighted by molar-refractivity contribution is 5.69. The molecule has 2 aromatic rings. The molecule has 0 radical (unpaired) electrons. The molecule has 4 nitrogen and oxygen atoms in total. The van der Waals surface area contributed by atoms with Gasteiger partial charge in [0.2, 0.25) is 0 Å². The molecule has 0 bridgehead atoms. The Morgan fingerprint density at radius 2 is 0.688 bits per heavy atom. The summed E-state index contributed by atoms with van der Waals surface area (Å²) < 4.78 is 0. The zero-order valence-electron chi connectivity index (χ0n) is 8.25. The van der Waals surface area contributed by atoms with Crippen molar-refractivity contribution < 1.29 is 20.4 Å². The largest absolute Gasteiger partial charge is 0.508 e. The molecular weight excluding hydrogens is 208 g/mol. The minimum absolute atomic E-state index is 0.0853. The lowest BCUT2D eigenvalue weighted by Crippen LogP contribution is -1.78. The number of phenolic OH excluding ortho intramolecular Hbond substituents is 4. The first-order valence-corrected chi connectivity index (χ1v) is 4.61. The molecule has 2 aromatic carbocycles. The Bertz CT molecular complexity index is 445. The van der Waals surface area contributed by atoms with Crippen LogP contribution in [0.3, 0.4) is 0 Å². The maximum absolute atomic E-state index is 9.31. The van der Waals surface area contributed by atoms with E-state index in [1.165, 1.54) is 36.4 Å². The molecule has 0 aromatic heterocycles. The van der Waals surface area contributed by atoms with Crippen molar-refractivity contribution in [3.8, 4) is 34.1 Å². The van der Waals surface area contributed by atoms with E-state index in [9.17, 15) is 20.4 Å². The summed E-state index contributed by atoms with van der Waals surface area (Å²) in [6.45, 7) is 0. The minimum atomic E-state index is -0.0853. The SMILES string of the molecule is Oc1cc(O)cc(-c2cc(O)cc(O)c2)c1. The number of aromatic hydroxyl groups is 4. The molecule has 0 atom stereocenters. The highest BCUT2D eigenvalue weighted by Gasteiger charge is 2.05. The topological polar surface area (TPSA) is 80.9 Å². The van der Waals surface area contributed by atoms with Crippen molar-refractivity contribution in [2.75, 3.05) is 0 Å². The Morgan fingerprint density at radius 3 is 0.938 bits per heavy atom. The van der Waals surface area contributed by atoms with Gasteiger partial charge in [0.05, 0.1) is 0 Å². The first-order chi connectivity index (χ1) is 7.54. The van der Waals surface area contributed by atoms with Crippen molar-refractivity contribution in [2.24, 2.45) is 0 Å². The molecule has 0 aliphatic carbocycles. The summed E-state index contributed by atoms with van der Waals surface area (Å²) in [5.41, 5.74) is 1.01. The maximum Gasteiger partial charge on any atom is 0.119 e. The maximum atomic E-state index is 9.31. The Hall–Kier alpha value is -2.36. The second-order valence-electron chi connectivity index (χ2n) is 3.48. The molecule has 0 unspecified atom stereocenters. The lowest BCUT2D eigenvalue weighted by atomic mass is 10.0. The van der Waals surface area contributed by atoms with Crippen LogP contribution in [0.5, 0.6) is 23.0 Å². The third kappa shape index (κ3) is 2.00. The lowest BCUT2D eigenvalue weighted by Gasteiger charge is -2.05. The second kappa shape index (κ2) is 3.66. The van der Waals surface area contributed by atoms with E-state index in [2.05, 4.69) is 0 Å². The average molecular weight is 218 g/mol. The zero-order chi connectivity index (χ0) is 11.7. The van der Waals surface area contributed by atoms with Crippen LogP contribution in [0.15, 0.2) is 36.4 Å². The average Bonchev–Trinajstić information content (AvgIpc) is 2.14. The zero-order valence-corrected chi connectivity index (χ0v) is 8.25. The number of benzene rings is 2. The molecule has 0 heterocycles. The fraction of sp³-hybridized carbons (Fsp3) is 0. The highest BCUT2D eigenvalue weighted by atomic mass is 16.3. The van der Waals surface area contributed by atoms with E-state index in [-0.39, 0.29) is 23.0 Å². The van der Waals surface area contributed by atoms with Crippen LogP contribution in [0.1, 0.15) is 0 Å². The van der Waals surface area contributed by atoms with Gasteiger partial charge in [0.1, 0.15) is 23.0 Å². The molecule has 0 fully saturated rings. The predicted octanol–water partition coefficient (Wildman–Crippen LogP) is 2.18. The van der Waals surface area contributed by atoms with Gasteiger partial charge in [-0.15, -0.1) is 0 Å². The molecule has 0 saturated heterocycles. The quantitative estimate of drug-likeness (QED) is 0.591. The predicted molar refractivity (Wildman–Crippen MR) is 58.5 cm³/mol. The molecule has 4 N–H and O–H groups in total. The van der Waals surface area contributed by atoms with Crippen LogP contribution in [0.25, 0.3) is 11.1 Å². The van der Waals surface area contributed by atoms with Crippen molar-refractivity contribution in [3.63, 3.8) is 0 Å². The molecule has 16 heavy (non-hydrogen) atoms. The van der Waals surface area contributed by atoms with Gasteiger partial charge in [0.25, 0.3) is 0 Å². The smallest absolute Gasteiger partial charge is 0.119 e. The molecule has 0 saturated carbocycles. The van der Waals surface area contributed by atoms with Gasteiger partial charge in [-0.1, -0.05) is 0 Å². The summed E-state index contributed by atoms with van der Waals surface area (Å²) in [6.07, 6.45) is 0. The van der Waals surface area contributed by atoms with Gasteiger partial charge in [-0.05, 0) is 35.4 Å². The second-order valence-corrected chi connectivity index (χ2v) is 3.48. The Morgan fingerprint density at radius 1 is 0.438 bits per heavy atom. The summed E-state index contributed by atoms with van der Waals surface area (Å²) >= 11 is 0. The van der Waals surface area contributed by atoms with E-state index in [0.717, 1.165) is 0 Å². The summed E-state index contributed by atoms with van der Waals surface area (Å²) in [5.74, 6) is -0.341. The van der Waals surface area contributed by atoms with E-state index in [1.54, 1.807) is 0 Å². The normalized spacial score (nSPS) is 10.2. The van der Waals surface area contributed by atoms with E-state index >= 15 is 0 Å². The number of rotatable bonds is 1. The summed E-state index contributed by atoms with van der Waals surface area (Å²) in [4.78, 5) is 0. The van der Waals surface area contributed by atoms with Gasteiger partial charge in [0, 0.05) is 12.1 Å². The minimum Gasteiger partial charge on any atom is -0.508 e. The first-order valence-electron chi connectivity index (χ1n) is 4.61. The molecule has 0 aliphatic rings. The molecule has 82 valence electrons. The van der Waals surface area contributed by atoms with E-state index < -0.39 is 0 Å². The monoisotopic (exact) mass is 218 g/mol. The summed E-state index contributed by atoms with van der Waals surface area (Å²) in [7, 11) is 0. The standard InChI is InChI=1S/C12H10O4/c13-9-1-7(2-10(14)5-9)8-3-11(15)6-12(16)4-8/h1-6,13-16H. The third-order valence-corrected chi connectivity index (χ3v) is 2.14. The molecule has 0 aliphatic heterocycles. The van der Waals surface area contributed by atoms with Crippen LogP contribution < -0.4 is 0 Å². The molecule has 0 amide bonds. The first kappa shape index (κ1) is 10.2. The van der Waals surface area contributed by atoms with Crippen molar-refractivity contribution in [2.45, 2.75) is 0 Å². The number of phenols is 4. The fourth-order valence-electron chi connectivity index (χ4n) is 1.52. The Balaban J connectivity index is 2.57. The Labute approximate surface area is 91.7 Å². The number of hydrogen-bond acceptors (Lipinski definition) is 4. The van der Waals surface area contributed by atoms with E-state index in [4.69, 9.17) is 0 Å². The van der Waals surface area contributed by atoms with Crippen LogP contribution in [0.2, 0.25) is 0 Å². The van der Waals surface area contributed by atoms with Gasteiger partial charge in [-0.25, -0.2) is 0 Å². The molecular formula is C12H10O4. The van der Waals surface area contributed by atoms with E-state index in [1.807, 2.05) is 0 Å². The van der Waals surface area contributed by atoms with Gasteiger partial charge in [-0.2, -0.15) is 0 Å². The van der Waals surface area contributed by atoms with Crippen LogP contribution in [0, 0.1) is 0 Å². The van der Waals surface area contributed by atoms with Crippen LogP contribution in [-0.2, 0) is 0 Å². The van der Waals surface area contributed by atoms with Crippen LogP contribution >= 0.6 is 0 Å². The van der Waals surface area contributed by atoms with Crippen molar-refractivity contribution in [1.29, 1.82) is 0 Å². The van der Waals surface area contributed by atoms with Gasteiger partial charge in [-0.3, -0.25) is 0 Å². The van der Waals surface area contributed by atoms with Crippen molar-refractivity contribution in [1.82, 2.24) is 0 Å². The van der Waals surface area contributed by atoms with Crippen LogP contribution in [0.4, 0.5) is 0 Å². The Kier molecular flexibility index (Phi) is 2.32. The fourth-order valence-corrected chi connectivity index (χ4v) is 1.52. The van der Waals surface area contributed by atoms with Gasteiger partial charge in [0.15, 0.2) is 0 Å². The van der Waals surface area contributed by atoms with Crippen LogP contribution in [-0.4, -0.2) is 20.4 Å². The molecule has 4 heteroatoms. The number of hydrogen-bond donors (Lipinski definition) is 4. The van der Waals surface area contributed by atoms with Crippen molar-refractivity contribution in [3.05, 3.63) is 36.4 Å². The lowest BCUT2D eigenvalue weighted by molar-refractivity contribution is 0.448. The van der Waals surface area contributed by atoms with Gasteiger partial charge < -0.3 is 20.4 Å². The highest BCUT2D eigenvalue weighted by Crippen LogP contribution is 2.32. The third-order valence-electron chi connectivity index (χ3n) is 2.14. The van der Waals surface area contributed by atoms with Crippen molar-refractivity contribution >= 4 is 0 Å².